The third-order valence-electron chi connectivity index (χ3n) is 5.97. The Kier molecular flexibility index (Phi) is 4.98. The molecule has 160 valence electrons. The number of aryl methyl sites for hydroxylation is 2. The van der Waals surface area contributed by atoms with Crippen molar-refractivity contribution in [3.05, 3.63) is 101 Å². The first-order valence-electron chi connectivity index (χ1n) is 10.5. The standard InChI is InChI=1S/C26H23ClN4O/c1-15-8-13-20(16(2)14-15)29-25(32)23-17(3)28-26-30-21-6-4-5-7-22(21)31(26)24(23)18-9-11-19(27)12-10-18/h4-14,23-24H,3H2,1-2H3,(H,28,30)(H,29,32). The van der Waals surface area contributed by atoms with Crippen molar-refractivity contribution < 1.29 is 4.79 Å². The predicted octanol–water partition coefficient (Wildman–Crippen LogP) is 6.09. The molecule has 0 saturated heterocycles. The summed E-state index contributed by atoms with van der Waals surface area (Å²) in [5, 5.41) is 7.04. The average Bonchev–Trinajstić information content (AvgIpc) is 3.13. The maximum atomic E-state index is 13.7. The van der Waals surface area contributed by atoms with Gasteiger partial charge in [-0.1, -0.05) is 60.1 Å². The lowest BCUT2D eigenvalue weighted by Crippen LogP contribution is -2.39. The van der Waals surface area contributed by atoms with Crippen LogP contribution in [0.25, 0.3) is 11.0 Å². The van der Waals surface area contributed by atoms with Crippen LogP contribution in [0.4, 0.5) is 11.6 Å². The van der Waals surface area contributed by atoms with Gasteiger partial charge in [-0.15, -0.1) is 0 Å². The van der Waals surface area contributed by atoms with Gasteiger partial charge in [0.1, 0.15) is 5.92 Å². The number of imidazole rings is 1. The fourth-order valence-electron chi connectivity index (χ4n) is 4.44. The lowest BCUT2D eigenvalue weighted by Gasteiger charge is -2.35. The van der Waals surface area contributed by atoms with Gasteiger partial charge in [-0.3, -0.25) is 4.79 Å². The lowest BCUT2D eigenvalue weighted by atomic mass is 9.87. The van der Waals surface area contributed by atoms with E-state index in [1.54, 1.807) is 0 Å². The molecule has 0 saturated carbocycles. The van der Waals surface area contributed by atoms with E-state index in [0.29, 0.717) is 16.7 Å². The molecule has 5 rings (SSSR count). The summed E-state index contributed by atoms with van der Waals surface area (Å²) in [6.45, 7) is 8.24. The Balaban J connectivity index is 1.64. The Morgan fingerprint density at radius 2 is 1.84 bits per heavy atom. The van der Waals surface area contributed by atoms with Crippen molar-refractivity contribution in [2.24, 2.45) is 5.92 Å². The predicted molar refractivity (Wildman–Crippen MR) is 130 cm³/mol. The molecule has 2 heterocycles. The van der Waals surface area contributed by atoms with Gasteiger partial charge in [0, 0.05) is 16.4 Å². The fraction of sp³-hybridized carbons (Fsp3) is 0.154. The van der Waals surface area contributed by atoms with Crippen LogP contribution in [-0.2, 0) is 4.79 Å². The largest absolute Gasteiger partial charge is 0.329 e. The SMILES string of the molecule is C=C1Nc2nc3ccccc3n2C(c2ccc(Cl)cc2)C1C(=O)Nc1ccc(C)cc1C. The number of benzene rings is 3. The monoisotopic (exact) mass is 442 g/mol. The summed E-state index contributed by atoms with van der Waals surface area (Å²) in [5.41, 5.74) is 6.34. The fourth-order valence-corrected chi connectivity index (χ4v) is 4.57. The molecule has 3 aromatic carbocycles. The van der Waals surface area contributed by atoms with Gasteiger partial charge in [-0.25, -0.2) is 4.98 Å². The number of hydrogen-bond acceptors (Lipinski definition) is 3. The summed E-state index contributed by atoms with van der Waals surface area (Å²) in [5.74, 6) is -0.00784. The topological polar surface area (TPSA) is 59.0 Å². The zero-order chi connectivity index (χ0) is 22.4. The Morgan fingerprint density at radius 1 is 1.09 bits per heavy atom. The second-order valence-electron chi connectivity index (χ2n) is 8.23. The summed E-state index contributed by atoms with van der Waals surface area (Å²) in [6.07, 6.45) is 0. The van der Waals surface area contributed by atoms with Crippen LogP contribution in [0.1, 0.15) is 22.7 Å². The van der Waals surface area contributed by atoms with E-state index >= 15 is 0 Å². The Morgan fingerprint density at radius 3 is 2.59 bits per heavy atom. The summed E-state index contributed by atoms with van der Waals surface area (Å²) < 4.78 is 2.08. The maximum absolute atomic E-state index is 13.7. The molecule has 2 N–H and O–H groups in total. The van der Waals surface area contributed by atoms with E-state index in [2.05, 4.69) is 27.8 Å². The molecule has 1 aliphatic heterocycles. The van der Waals surface area contributed by atoms with E-state index < -0.39 is 5.92 Å². The third-order valence-corrected chi connectivity index (χ3v) is 6.22. The normalized spacial score (nSPS) is 17.7. The summed E-state index contributed by atoms with van der Waals surface area (Å²) >= 11 is 6.16. The van der Waals surface area contributed by atoms with Gasteiger partial charge in [0.25, 0.3) is 0 Å². The number of rotatable bonds is 3. The highest BCUT2D eigenvalue weighted by Gasteiger charge is 2.39. The number of nitrogens with one attached hydrogen (secondary N) is 2. The molecule has 1 amide bonds. The van der Waals surface area contributed by atoms with Gasteiger partial charge in [0.15, 0.2) is 0 Å². The molecular weight excluding hydrogens is 420 g/mol. The number of carbonyl (C=O) groups excluding carboxylic acids is 1. The van der Waals surface area contributed by atoms with Crippen LogP contribution in [0.3, 0.4) is 0 Å². The van der Waals surface area contributed by atoms with Crippen LogP contribution in [0.15, 0.2) is 79.0 Å². The van der Waals surface area contributed by atoms with E-state index in [0.717, 1.165) is 33.4 Å². The molecule has 1 aromatic heterocycles. The quantitative estimate of drug-likeness (QED) is 0.403. The van der Waals surface area contributed by atoms with Crippen molar-refractivity contribution in [2.45, 2.75) is 19.9 Å². The number of fused-ring (bicyclic) bond motifs is 3. The highest BCUT2D eigenvalue weighted by atomic mass is 35.5. The number of carbonyl (C=O) groups is 1. The van der Waals surface area contributed by atoms with Crippen molar-refractivity contribution in [1.29, 1.82) is 0 Å². The molecule has 4 aromatic rings. The van der Waals surface area contributed by atoms with Crippen LogP contribution in [0, 0.1) is 19.8 Å². The minimum absolute atomic E-state index is 0.127. The highest BCUT2D eigenvalue weighted by molar-refractivity contribution is 6.30. The van der Waals surface area contributed by atoms with Crippen molar-refractivity contribution >= 4 is 40.2 Å². The summed E-state index contributed by atoms with van der Waals surface area (Å²) in [7, 11) is 0. The minimum Gasteiger partial charge on any atom is -0.329 e. The first kappa shape index (κ1) is 20.3. The first-order valence-corrected chi connectivity index (χ1v) is 10.9. The molecule has 0 fully saturated rings. The second kappa shape index (κ2) is 7.84. The van der Waals surface area contributed by atoms with Gasteiger partial charge in [-0.05, 0) is 55.3 Å². The van der Waals surface area contributed by atoms with Crippen molar-refractivity contribution in [3.63, 3.8) is 0 Å². The van der Waals surface area contributed by atoms with Gasteiger partial charge in [-0.2, -0.15) is 0 Å². The molecule has 6 heteroatoms. The number of anilines is 2. The molecule has 0 radical (unpaired) electrons. The van der Waals surface area contributed by atoms with Crippen molar-refractivity contribution in [1.82, 2.24) is 9.55 Å². The van der Waals surface area contributed by atoms with Crippen LogP contribution >= 0.6 is 11.6 Å². The molecule has 0 bridgehead atoms. The van der Waals surface area contributed by atoms with E-state index in [4.69, 9.17) is 16.6 Å². The van der Waals surface area contributed by atoms with E-state index in [1.165, 1.54) is 0 Å². The first-order chi connectivity index (χ1) is 15.4. The number of aromatic nitrogens is 2. The van der Waals surface area contributed by atoms with Crippen molar-refractivity contribution in [2.75, 3.05) is 10.6 Å². The van der Waals surface area contributed by atoms with Crippen LogP contribution < -0.4 is 10.6 Å². The minimum atomic E-state index is -0.554. The summed E-state index contributed by atoms with van der Waals surface area (Å²) in [6, 6.07) is 21.2. The Labute approximate surface area is 191 Å². The molecule has 1 aliphatic rings. The number of hydrogen-bond donors (Lipinski definition) is 2. The van der Waals surface area contributed by atoms with Gasteiger partial charge in [0.05, 0.1) is 17.1 Å². The Hall–Kier alpha value is -3.57. The molecule has 32 heavy (non-hydrogen) atoms. The zero-order valence-corrected chi connectivity index (χ0v) is 18.6. The van der Waals surface area contributed by atoms with Gasteiger partial charge in [0.2, 0.25) is 11.9 Å². The lowest BCUT2D eigenvalue weighted by molar-refractivity contribution is -0.119. The molecule has 0 aliphatic carbocycles. The van der Waals surface area contributed by atoms with Crippen LogP contribution in [0.5, 0.6) is 0 Å². The van der Waals surface area contributed by atoms with E-state index in [9.17, 15) is 4.79 Å². The van der Waals surface area contributed by atoms with Crippen molar-refractivity contribution in [3.8, 4) is 0 Å². The average molecular weight is 443 g/mol. The van der Waals surface area contributed by atoms with E-state index in [-0.39, 0.29) is 11.9 Å². The zero-order valence-electron chi connectivity index (χ0n) is 17.9. The Bertz CT molecular complexity index is 1360. The molecule has 2 unspecified atom stereocenters. The number of halogens is 1. The van der Waals surface area contributed by atoms with Gasteiger partial charge >= 0.3 is 0 Å². The second-order valence-corrected chi connectivity index (χ2v) is 8.66. The summed E-state index contributed by atoms with van der Waals surface area (Å²) in [4.78, 5) is 18.4. The van der Waals surface area contributed by atoms with Crippen LogP contribution in [-0.4, -0.2) is 15.5 Å². The molecule has 2 atom stereocenters. The maximum Gasteiger partial charge on any atom is 0.235 e. The molecule has 0 spiro atoms. The third kappa shape index (κ3) is 3.45. The molecular formula is C26H23ClN4O. The molecule has 5 nitrogen and oxygen atoms in total. The number of amides is 1. The highest BCUT2D eigenvalue weighted by Crippen LogP contribution is 2.41. The number of nitrogens with zero attached hydrogens (tertiary/aromatic N) is 2. The van der Waals surface area contributed by atoms with Crippen LogP contribution in [0.2, 0.25) is 5.02 Å². The number of para-hydroxylation sites is 2. The van der Waals surface area contributed by atoms with E-state index in [1.807, 2.05) is 74.5 Å². The van der Waals surface area contributed by atoms with Gasteiger partial charge < -0.3 is 15.2 Å². The smallest absolute Gasteiger partial charge is 0.235 e.